The highest BCUT2D eigenvalue weighted by Gasteiger charge is 2.17. The second-order valence-corrected chi connectivity index (χ2v) is 5.84. The summed E-state index contributed by atoms with van der Waals surface area (Å²) in [5.41, 5.74) is 0.925. The maximum Gasteiger partial charge on any atom is 0.137 e. The number of halogens is 5. The van der Waals surface area contributed by atoms with E-state index in [1.54, 1.807) is 12.1 Å². The molecule has 0 N–H and O–H groups in total. The van der Waals surface area contributed by atoms with E-state index >= 15 is 0 Å². The minimum Gasteiger partial charge on any atom is -0.207 e. The fourth-order valence-corrected chi connectivity index (χ4v) is 2.61. The van der Waals surface area contributed by atoms with E-state index < -0.39 is 17.0 Å². The Morgan fingerprint density at radius 3 is 2.47 bits per heavy atom. The monoisotopic (exact) mass is 364 g/mol. The average molecular weight is 366 g/mol. The number of benzene rings is 2. The summed E-state index contributed by atoms with van der Waals surface area (Å²) in [7, 11) is 0. The van der Waals surface area contributed by atoms with Crippen molar-refractivity contribution in [2.45, 2.75) is 11.8 Å². The molecule has 0 aliphatic carbocycles. The molecule has 0 aromatic heterocycles. The lowest BCUT2D eigenvalue weighted by atomic mass is 10.0. The molecule has 0 heterocycles. The van der Waals surface area contributed by atoms with Gasteiger partial charge in [-0.05, 0) is 46.1 Å². The molecule has 2 rings (SSSR count). The van der Waals surface area contributed by atoms with Crippen molar-refractivity contribution in [3.05, 3.63) is 68.7 Å². The standard InChI is InChI=1S/C14H9BrCl2F2/c15-10-7-13(18)9(6-14(10)19)12(17)5-8-3-1-2-4-11(8)16/h1-4,6-7,12H,5H2. The van der Waals surface area contributed by atoms with E-state index in [-0.39, 0.29) is 10.0 Å². The van der Waals surface area contributed by atoms with Crippen molar-refractivity contribution in [2.75, 3.05) is 0 Å². The molecule has 0 saturated carbocycles. The molecular formula is C14H9BrCl2F2. The molecule has 0 radical (unpaired) electrons. The van der Waals surface area contributed by atoms with Gasteiger partial charge in [-0.1, -0.05) is 29.8 Å². The second-order valence-electron chi connectivity index (χ2n) is 4.05. The lowest BCUT2D eigenvalue weighted by Gasteiger charge is -2.13. The van der Waals surface area contributed by atoms with E-state index in [2.05, 4.69) is 15.9 Å². The minimum absolute atomic E-state index is 0.0790. The molecular weight excluding hydrogens is 357 g/mol. The number of hydrogen-bond acceptors (Lipinski definition) is 0. The summed E-state index contributed by atoms with van der Waals surface area (Å²) in [6, 6.07) is 9.35. The Morgan fingerprint density at radius 2 is 1.79 bits per heavy atom. The van der Waals surface area contributed by atoms with Crippen LogP contribution in [0.3, 0.4) is 0 Å². The van der Waals surface area contributed by atoms with Crippen LogP contribution in [0.5, 0.6) is 0 Å². The first-order valence-electron chi connectivity index (χ1n) is 5.51. The fraction of sp³-hybridized carbons (Fsp3) is 0.143. The fourth-order valence-electron chi connectivity index (χ4n) is 1.74. The second kappa shape index (κ2) is 6.21. The maximum atomic E-state index is 13.8. The lowest BCUT2D eigenvalue weighted by Crippen LogP contribution is -2.01. The van der Waals surface area contributed by atoms with Gasteiger partial charge in [0.1, 0.15) is 11.6 Å². The Kier molecular flexibility index (Phi) is 4.82. The van der Waals surface area contributed by atoms with Gasteiger partial charge in [-0.15, -0.1) is 11.6 Å². The Bertz CT molecular complexity index is 602. The van der Waals surface area contributed by atoms with E-state index in [1.807, 2.05) is 12.1 Å². The van der Waals surface area contributed by atoms with Crippen LogP contribution < -0.4 is 0 Å². The van der Waals surface area contributed by atoms with Crippen molar-refractivity contribution in [3.8, 4) is 0 Å². The zero-order valence-corrected chi connectivity index (χ0v) is 12.7. The third-order valence-electron chi connectivity index (χ3n) is 2.73. The van der Waals surface area contributed by atoms with Gasteiger partial charge in [-0.25, -0.2) is 8.78 Å². The molecule has 0 bridgehead atoms. The van der Waals surface area contributed by atoms with Crippen molar-refractivity contribution in [3.63, 3.8) is 0 Å². The van der Waals surface area contributed by atoms with Crippen LogP contribution in [0.2, 0.25) is 5.02 Å². The molecule has 0 amide bonds. The number of rotatable bonds is 3. The van der Waals surface area contributed by atoms with Crippen molar-refractivity contribution < 1.29 is 8.78 Å². The first-order valence-corrected chi connectivity index (χ1v) is 7.11. The van der Waals surface area contributed by atoms with E-state index in [4.69, 9.17) is 23.2 Å². The van der Waals surface area contributed by atoms with Crippen LogP contribution in [0.1, 0.15) is 16.5 Å². The molecule has 100 valence electrons. The van der Waals surface area contributed by atoms with Gasteiger partial charge in [-0.3, -0.25) is 0 Å². The van der Waals surface area contributed by atoms with Gasteiger partial charge < -0.3 is 0 Å². The molecule has 0 fully saturated rings. The molecule has 2 aromatic rings. The van der Waals surface area contributed by atoms with Gasteiger partial charge in [0.2, 0.25) is 0 Å². The number of hydrogen-bond donors (Lipinski definition) is 0. The summed E-state index contributed by atoms with van der Waals surface area (Å²) in [5, 5.41) is -0.117. The average Bonchev–Trinajstić information content (AvgIpc) is 2.36. The normalized spacial score (nSPS) is 12.5. The summed E-state index contributed by atoms with van der Waals surface area (Å²) in [6.07, 6.45) is 0.333. The molecule has 5 heteroatoms. The molecule has 1 atom stereocenters. The van der Waals surface area contributed by atoms with Gasteiger partial charge in [-0.2, -0.15) is 0 Å². The zero-order chi connectivity index (χ0) is 14.0. The van der Waals surface area contributed by atoms with Crippen molar-refractivity contribution in [1.29, 1.82) is 0 Å². The Hall–Kier alpha value is -0.640. The van der Waals surface area contributed by atoms with Crippen LogP contribution in [-0.2, 0) is 6.42 Å². The smallest absolute Gasteiger partial charge is 0.137 e. The van der Waals surface area contributed by atoms with Gasteiger partial charge in [0.25, 0.3) is 0 Å². The highest BCUT2D eigenvalue weighted by atomic mass is 79.9. The summed E-state index contributed by atoms with van der Waals surface area (Å²) in [6.45, 7) is 0. The van der Waals surface area contributed by atoms with E-state index in [0.717, 1.165) is 17.7 Å². The molecule has 2 aromatic carbocycles. The molecule has 19 heavy (non-hydrogen) atoms. The number of alkyl halides is 1. The maximum absolute atomic E-state index is 13.8. The van der Waals surface area contributed by atoms with E-state index in [9.17, 15) is 8.78 Å². The molecule has 0 nitrogen and oxygen atoms in total. The van der Waals surface area contributed by atoms with Crippen molar-refractivity contribution in [2.24, 2.45) is 0 Å². The Labute approximate surface area is 128 Å². The minimum atomic E-state index is -0.678. The topological polar surface area (TPSA) is 0 Å². The predicted molar refractivity (Wildman–Crippen MR) is 77.8 cm³/mol. The van der Waals surface area contributed by atoms with Crippen molar-refractivity contribution in [1.82, 2.24) is 0 Å². The first kappa shape index (κ1) is 14.8. The first-order chi connectivity index (χ1) is 8.99. The molecule has 0 spiro atoms. The van der Waals surface area contributed by atoms with Crippen molar-refractivity contribution >= 4 is 39.1 Å². The summed E-state index contributed by atoms with van der Waals surface area (Å²) in [5.74, 6) is -1.08. The van der Waals surface area contributed by atoms with Crippen LogP contribution in [0.15, 0.2) is 40.9 Å². The molecule has 0 aliphatic rings. The highest BCUT2D eigenvalue weighted by Crippen LogP contribution is 2.32. The highest BCUT2D eigenvalue weighted by molar-refractivity contribution is 9.10. The van der Waals surface area contributed by atoms with Gasteiger partial charge >= 0.3 is 0 Å². The third-order valence-corrected chi connectivity index (χ3v) is 4.10. The SMILES string of the molecule is Fc1cc(C(Cl)Cc2ccccc2Cl)c(F)cc1Br. The largest absolute Gasteiger partial charge is 0.207 e. The van der Waals surface area contributed by atoms with Crippen LogP contribution in [-0.4, -0.2) is 0 Å². The zero-order valence-electron chi connectivity index (χ0n) is 9.64. The van der Waals surface area contributed by atoms with Crippen LogP contribution >= 0.6 is 39.1 Å². The Morgan fingerprint density at radius 1 is 1.11 bits per heavy atom. The summed E-state index contributed by atoms with van der Waals surface area (Å²) >= 11 is 15.1. The third kappa shape index (κ3) is 3.47. The quantitative estimate of drug-likeness (QED) is 0.469. The van der Waals surface area contributed by atoms with Gasteiger partial charge in [0, 0.05) is 10.6 Å². The molecule has 0 saturated heterocycles. The summed E-state index contributed by atoms with van der Waals surface area (Å²) < 4.78 is 27.3. The van der Waals surface area contributed by atoms with Gasteiger partial charge in [0.15, 0.2) is 0 Å². The predicted octanol–water partition coefficient (Wildman–Crippen LogP) is 5.90. The summed E-state index contributed by atoms with van der Waals surface area (Å²) in [4.78, 5) is 0. The molecule has 1 unspecified atom stereocenters. The Balaban J connectivity index is 2.28. The molecule has 0 aliphatic heterocycles. The van der Waals surface area contributed by atoms with Crippen LogP contribution in [0, 0.1) is 11.6 Å². The van der Waals surface area contributed by atoms with Crippen LogP contribution in [0.25, 0.3) is 0 Å². The lowest BCUT2D eigenvalue weighted by molar-refractivity contribution is 0.577. The van der Waals surface area contributed by atoms with Gasteiger partial charge in [0.05, 0.1) is 9.85 Å². The van der Waals surface area contributed by atoms with Crippen LogP contribution in [0.4, 0.5) is 8.78 Å². The van der Waals surface area contributed by atoms with E-state index in [0.29, 0.717) is 11.4 Å². The van der Waals surface area contributed by atoms with E-state index in [1.165, 1.54) is 0 Å².